The van der Waals surface area contributed by atoms with Crippen LogP contribution in [0.1, 0.15) is 0 Å². The first kappa shape index (κ1) is 73.7. The maximum absolute atomic E-state index is 11.4. The van der Waals surface area contributed by atoms with Gasteiger partial charge >= 0.3 is 17.1 Å². The van der Waals surface area contributed by atoms with Gasteiger partial charge in [-0.3, -0.25) is 0 Å². The average Bonchev–Trinajstić information content (AvgIpc) is 1.09. The summed E-state index contributed by atoms with van der Waals surface area (Å²) in [6.07, 6.45) is -82.0. The van der Waals surface area contributed by atoms with Gasteiger partial charge in [0.05, 0.1) is 52.9 Å². The maximum atomic E-state index is 11.4. The molecule has 40 nitrogen and oxygen atoms in total. The van der Waals surface area contributed by atoms with E-state index in [2.05, 4.69) is 0 Å². The molecule has 40 atom stereocenters. The molecule has 0 unspecified atom stereocenters. The van der Waals surface area contributed by atoms with E-state index in [4.69, 9.17) is 75.8 Å². The maximum Gasteiger partial charge on any atom is 2.00 e. The molecule has 24 N–H and O–H groups in total. The van der Waals surface area contributed by atoms with Crippen molar-refractivity contribution in [3.8, 4) is 0 Å². The van der Waals surface area contributed by atoms with Crippen LogP contribution >= 0.6 is 0 Å². The van der Waals surface area contributed by atoms with E-state index < -0.39 is 299 Å². The molecule has 518 valence electrons. The Morgan fingerprint density at radius 3 is 0.315 bits per heavy atom. The standard InChI is InChI=1S/C48H80O40.Fe/c49-1-9-33-17(57)25(65)41(73-9)82-34-10(2-50)75-43(27(67)19(34)59)84-36-12(4-52)77-45(29(69)21(36)61)86-38-14(6-54)79-47(31(71)23(38)63)88-40-16(8-56)80-48(32(72)24(40)64)87-39-15(7-55)78-46(30(70)22(39)62)85-37-13(5-53)76-44(28(68)20(37)60)83-35-11(3-51)74-42(81-33)26(66)18(35)58;/h9-72H,1-8H2;/q;+2/t9-,10-,11-,12-,13-,14-,15-,16-,17-,18-,19-,20-,21-,22-,23-,24-,25-,26-,27-,28-,29-,30-,31-,32-,33-,34-,35-,36-,37-,38-,39-,40-,41-,42-,43-,44-,45-,46-,47-,48-;/m1./s1. The van der Waals surface area contributed by atoms with E-state index in [9.17, 15) is 123 Å². The molecule has 0 aliphatic carbocycles. The molecule has 89 heavy (non-hydrogen) atoms. The van der Waals surface area contributed by atoms with Gasteiger partial charge in [-0.25, -0.2) is 0 Å². The van der Waals surface area contributed by atoms with E-state index in [0.29, 0.717) is 0 Å². The smallest absolute Gasteiger partial charge is 0.394 e. The molecule has 0 spiro atoms. The Morgan fingerprint density at radius 2 is 0.236 bits per heavy atom. The molecule has 30 rings (SSSR count). The zero-order valence-electron chi connectivity index (χ0n) is 46.4. The minimum absolute atomic E-state index is 0. The topological polar surface area (TPSA) is 633 Å². The van der Waals surface area contributed by atoms with Crippen LogP contribution in [0.4, 0.5) is 0 Å². The predicted octanol–water partition coefficient (Wildman–Crippen LogP) is -17.4. The average molecular weight is 1350 g/mol. The third kappa shape index (κ3) is 14.6. The van der Waals surface area contributed by atoms with E-state index in [1.165, 1.54) is 0 Å². The van der Waals surface area contributed by atoms with Crippen LogP contribution in [0.15, 0.2) is 0 Å². The molecule has 0 aromatic carbocycles. The molecule has 16 bridgehead atoms. The minimum Gasteiger partial charge on any atom is -0.394 e. The number of ether oxygens (including phenoxy) is 16. The Kier molecular flexibility index (Phi) is 26.0. The van der Waals surface area contributed by atoms with Crippen molar-refractivity contribution in [2.24, 2.45) is 0 Å². The fraction of sp³-hybridized carbons (Fsp3) is 1.00. The molecule has 0 radical (unpaired) electrons. The molecule has 30 heterocycles. The molecule has 0 amide bonds. The number of aliphatic hydroxyl groups excluding tert-OH is 24. The van der Waals surface area contributed by atoms with Gasteiger partial charge in [-0.1, -0.05) is 0 Å². The third-order valence-corrected chi connectivity index (χ3v) is 16.9. The number of aliphatic hydroxyl groups is 24. The van der Waals surface area contributed by atoms with Crippen molar-refractivity contribution in [1.82, 2.24) is 0 Å². The summed E-state index contributed by atoms with van der Waals surface area (Å²) in [5.41, 5.74) is 0. The number of hydrogen-bond donors (Lipinski definition) is 24. The van der Waals surface area contributed by atoms with Crippen LogP contribution < -0.4 is 0 Å². The van der Waals surface area contributed by atoms with Gasteiger partial charge in [0.2, 0.25) is 0 Å². The Hall–Kier alpha value is -1.08. The zero-order chi connectivity index (χ0) is 64.1. The summed E-state index contributed by atoms with van der Waals surface area (Å²) in [6, 6.07) is 0. The third-order valence-electron chi connectivity index (χ3n) is 16.9. The fourth-order valence-electron chi connectivity index (χ4n) is 11.9. The summed E-state index contributed by atoms with van der Waals surface area (Å²) in [5, 5.41) is 265. The van der Waals surface area contributed by atoms with Gasteiger partial charge in [-0.05, 0) is 0 Å². The molecule has 30 saturated heterocycles. The molecule has 0 saturated carbocycles. The van der Waals surface area contributed by atoms with E-state index in [1.807, 2.05) is 0 Å². The van der Waals surface area contributed by atoms with Crippen LogP contribution in [0.2, 0.25) is 0 Å². The number of rotatable bonds is 8. The summed E-state index contributed by atoms with van der Waals surface area (Å²) >= 11 is 0. The summed E-state index contributed by atoms with van der Waals surface area (Å²) in [6.45, 7) is -8.64. The molecule has 0 aromatic rings. The quantitative estimate of drug-likeness (QED) is 0.100. The normalized spacial score (nSPS) is 54.7. The summed E-state index contributed by atoms with van der Waals surface area (Å²) in [4.78, 5) is 0. The van der Waals surface area contributed by atoms with Crippen LogP contribution in [-0.2, 0) is 92.9 Å². The van der Waals surface area contributed by atoms with Crippen molar-refractivity contribution in [3.63, 3.8) is 0 Å². The van der Waals surface area contributed by atoms with Crippen molar-refractivity contribution >= 4 is 0 Å². The Bertz CT molecular complexity index is 1710. The molecular formula is C48H80FeO40+2. The molecular weight excluding hydrogens is 1270 g/mol. The van der Waals surface area contributed by atoms with Crippen LogP contribution in [0.25, 0.3) is 0 Å². The van der Waals surface area contributed by atoms with Gasteiger partial charge in [0, 0.05) is 0 Å². The summed E-state index contributed by atoms with van der Waals surface area (Å²) in [5.74, 6) is 0. The van der Waals surface area contributed by atoms with Gasteiger partial charge in [-0.15, -0.1) is 0 Å². The van der Waals surface area contributed by atoms with E-state index in [0.717, 1.165) is 0 Å². The summed E-state index contributed by atoms with van der Waals surface area (Å²) < 4.78 is 91.1. The molecule has 41 heteroatoms. The van der Waals surface area contributed by atoms with Crippen LogP contribution in [0, 0.1) is 0 Å². The van der Waals surface area contributed by atoms with Gasteiger partial charge < -0.3 is 198 Å². The van der Waals surface area contributed by atoms with Crippen LogP contribution in [0.3, 0.4) is 0 Å². The first-order valence-electron chi connectivity index (χ1n) is 28.1. The number of hydrogen-bond acceptors (Lipinski definition) is 40. The van der Waals surface area contributed by atoms with Gasteiger partial charge in [0.25, 0.3) is 0 Å². The van der Waals surface area contributed by atoms with Crippen molar-refractivity contribution < 1.29 is 215 Å². The minimum atomic E-state index is -2.25. The first-order chi connectivity index (χ1) is 41.9. The van der Waals surface area contributed by atoms with Crippen LogP contribution in [0.5, 0.6) is 0 Å². The van der Waals surface area contributed by atoms with E-state index in [-0.39, 0.29) is 17.1 Å². The molecule has 30 fully saturated rings. The monoisotopic (exact) mass is 1350 g/mol. The van der Waals surface area contributed by atoms with Crippen LogP contribution in [-0.4, -0.2) is 421 Å². The Morgan fingerprint density at radius 1 is 0.146 bits per heavy atom. The Labute approximate surface area is 512 Å². The van der Waals surface area contributed by atoms with Gasteiger partial charge in [0.15, 0.2) is 50.3 Å². The summed E-state index contributed by atoms with van der Waals surface area (Å²) in [7, 11) is 0. The second-order valence-electron chi connectivity index (χ2n) is 22.5. The fourth-order valence-corrected chi connectivity index (χ4v) is 11.9. The second kappa shape index (κ2) is 31.4. The SMILES string of the molecule is OC[C@H]1O[C@@H]2O[C@H]3[C@H](O)[C@@H](O)[C@@H](O[C@H]4[C@H](O)[C@@H](O)[C@@H](O[C@H]5[C@H](O)[C@@H](O)[C@@H](O[C@H]6[C@H](O)[C@@H](O)[C@@H](O[C@H]7[C@H](O)[C@@H](O)[C@@H](O[C@H]8[C@H](O)[C@@H](O)[C@@H](O[C@H]9[C@H](O)[C@@H](O)[C@@H](O[C@H]1[C@H](O)[C@H]2O)O[C@@H]9CO)O[C@@H]8CO)O[C@@H]7CO)O[C@@H]6CO)O[C@@H]5CO)O[C@@H]4CO)O[C@@H]3CO.[Fe+2]. The first-order valence-corrected chi connectivity index (χ1v) is 28.1. The van der Waals surface area contributed by atoms with Gasteiger partial charge in [-0.2, -0.15) is 0 Å². The van der Waals surface area contributed by atoms with Gasteiger partial charge in [0.1, 0.15) is 195 Å². The molecule has 30 aliphatic heterocycles. The largest absolute Gasteiger partial charge is 2.00 e. The van der Waals surface area contributed by atoms with E-state index in [1.54, 1.807) is 0 Å². The molecule has 30 aliphatic rings. The van der Waals surface area contributed by atoms with Crippen molar-refractivity contribution in [2.75, 3.05) is 52.9 Å². The second-order valence-corrected chi connectivity index (χ2v) is 22.5. The molecule has 0 aromatic heterocycles. The van der Waals surface area contributed by atoms with Crippen molar-refractivity contribution in [1.29, 1.82) is 0 Å². The zero-order valence-corrected chi connectivity index (χ0v) is 47.5. The Balaban J connectivity index is 0.0000102. The van der Waals surface area contributed by atoms with Crippen molar-refractivity contribution in [3.05, 3.63) is 0 Å². The predicted molar refractivity (Wildman–Crippen MR) is 261 cm³/mol. The van der Waals surface area contributed by atoms with Crippen molar-refractivity contribution in [2.45, 2.75) is 246 Å². The van der Waals surface area contributed by atoms with E-state index >= 15 is 0 Å².